The number of carbonyl (C=O) groups is 4. The van der Waals surface area contributed by atoms with E-state index in [0.717, 1.165) is 25.7 Å². The molecule has 1 rings (SSSR count). The maximum Gasteiger partial charge on any atom is 0.508 e. The molecular formula is C31H49NO9. The fourth-order valence-corrected chi connectivity index (χ4v) is 3.49. The van der Waals surface area contributed by atoms with Gasteiger partial charge in [-0.2, -0.15) is 0 Å². The van der Waals surface area contributed by atoms with Crippen LogP contribution in [0, 0.1) is 5.41 Å². The van der Waals surface area contributed by atoms with Gasteiger partial charge in [0.1, 0.15) is 18.2 Å². The van der Waals surface area contributed by atoms with E-state index in [9.17, 15) is 19.2 Å². The minimum absolute atomic E-state index is 0.0690. The summed E-state index contributed by atoms with van der Waals surface area (Å²) in [6, 6.07) is 3.67. The average Bonchev–Trinajstić information content (AvgIpc) is 2.88. The molecular weight excluding hydrogens is 530 g/mol. The van der Waals surface area contributed by atoms with E-state index in [1.165, 1.54) is 6.07 Å². The van der Waals surface area contributed by atoms with Crippen molar-refractivity contribution in [1.29, 1.82) is 0 Å². The van der Waals surface area contributed by atoms with Crippen LogP contribution >= 0.6 is 0 Å². The zero-order valence-electron chi connectivity index (χ0n) is 25.8. The second-order valence-electron chi connectivity index (χ2n) is 11.5. The molecule has 0 aromatic heterocycles. The largest absolute Gasteiger partial charge is 0.508 e. The van der Waals surface area contributed by atoms with Gasteiger partial charge in [-0.3, -0.25) is 14.4 Å². The number of hydrogen-bond donors (Lipinski definition) is 1. The van der Waals surface area contributed by atoms with Gasteiger partial charge in [-0.15, -0.1) is 0 Å². The third-order valence-corrected chi connectivity index (χ3v) is 6.05. The van der Waals surface area contributed by atoms with Crippen LogP contribution in [0.2, 0.25) is 0 Å². The number of esters is 3. The van der Waals surface area contributed by atoms with Gasteiger partial charge in [0, 0.05) is 12.8 Å². The Morgan fingerprint density at radius 3 is 1.88 bits per heavy atom. The summed E-state index contributed by atoms with van der Waals surface area (Å²) in [6.07, 6.45) is 3.30. The van der Waals surface area contributed by atoms with Crippen molar-refractivity contribution in [2.75, 3.05) is 6.61 Å². The van der Waals surface area contributed by atoms with Crippen LogP contribution in [-0.4, -0.2) is 48.9 Å². The Labute approximate surface area is 244 Å². The van der Waals surface area contributed by atoms with Gasteiger partial charge in [0.25, 0.3) is 0 Å². The zero-order chi connectivity index (χ0) is 31.0. The van der Waals surface area contributed by atoms with Crippen LogP contribution in [0.1, 0.15) is 105 Å². The monoisotopic (exact) mass is 579 g/mol. The molecule has 232 valence electrons. The number of ether oxygens (including phenoxy) is 5. The minimum Gasteiger partial charge on any atom is -0.458 e. The van der Waals surface area contributed by atoms with Gasteiger partial charge in [-0.05, 0) is 56.2 Å². The summed E-state index contributed by atoms with van der Waals surface area (Å²) in [4.78, 5) is 49.3. The highest BCUT2D eigenvalue weighted by Gasteiger charge is 2.26. The van der Waals surface area contributed by atoms with E-state index in [0.29, 0.717) is 18.4 Å². The van der Waals surface area contributed by atoms with Crippen molar-refractivity contribution in [3.63, 3.8) is 0 Å². The van der Waals surface area contributed by atoms with Gasteiger partial charge in [0.15, 0.2) is 11.5 Å². The van der Waals surface area contributed by atoms with Gasteiger partial charge in [0.2, 0.25) is 0 Å². The van der Waals surface area contributed by atoms with Gasteiger partial charge in [0.05, 0.1) is 6.61 Å². The number of unbranched alkanes of at least 4 members (excludes halogenated alkanes) is 4. The predicted molar refractivity (Wildman–Crippen MR) is 155 cm³/mol. The van der Waals surface area contributed by atoms with Crippen molar-refractivity contribution in [2.24, 2.45) is 11.1 Å². The molecule has 41 heavy (non-hydrogen) atoms. The van der Waals surface area contributed by atoms with Crippen molar-refractivity contribution in [2.45, 2.75) is 125 Å². The third kappa shape index (κ3) is 15.4. The van der Waals surface area contributed by atoms with E-state index in [4.69, 9.17) is 29.4 Å². The zero-order valence-corrected chi connectivity index (χ0v) is 25.8. The Morgan fingerprint density at radius 1 is 0.805 bits per heavy atom. The standard InChI is InChI=1S/C31H49NO9/c1-8-10-12-14-27(33)40-25-17-16-23(19-26(25)41-28(34)15-13-11-9-2)18-24(32)29(35)38-21(3)22(4)39-30(36)37-20-31(5,6)7/h16-17,19,21-22,24H,8-15,18,20,32H2,1-7H3/t21-,22?,24-/m0/s1. The lowest BCUT2D eigenvalue weighted by Crippen LogP contribution is -2.39. The molecule has 3 atom stereocenters. The molecule has 1 unspecified atom stereocenters. The van der Waals surface area contributed by atoms with E-state index >= 15 is 0 Å². The van der Waals surface area contributed by atoms with Crippen LogP contribution in [0.3, 0.4) is 0 Å². The first-order chi connectivity index (χ1) is 19.2. The lowest BCUT2D eigenvalue weighted by molar-refractivity contribution is -0.155. The molecule has 0 bridgehead atoms. The molecule has 0 saturated carbocycles. The number of carbonyl (C=O) groups excluding carboxylic acids is 4. The molecule has 0 fully saturated rings. The Kier molecular flexibility index (Phi) is 16.0. The molecule has 0 heterocycles. The van der Waals surface area contributed by atoms with Crippen molar-refractivity contribution >= 4 is 24.1 Å². The van der Waals surface area contributed by atoms with Gasteiger partial charge in [-0.1, -0.05) is 66.4 Å². The summed E-state index contributed by atoms with van der Waals surface area (Å²) in [5.41, 5.74) is 6.48. The Hall–Kier alpha value is -3.14. The highest BCUT2D eigenvalue weighted by Crippen LogP contribution is 2.30. The topological polar surface area (TPSA) is 140 Å². The normalized spacial score (nSPS) is 13.5. The van der Waals surface area contributed by atoms with Gasteiger partial charge >= 0.3 is 24.1 Å². The summed E-state index contributed by atoms with van der Waals surface area (Å²) >= 11 is 0. The average molecular weight is 580 g/mol. The SMILES string of the molecule is CCCCCC(=O)Oc1ccc(C[C@H](N)C(=O)O[C@@H](C)C(C)OC(=O)OCC(C)(C)C)cc1OC(=O)CCCCC. The maximum atomic E-state index is 12.7. The molecule has 0 spiro atoms. The lowest BCUT2D eigenvalue weighted by Gasteiger charge is -2.23. The molecule has 0 aliphatic heterocycles. The van der Waals surface area contributed by atoms with Crippen LogP contribution in [0.4, 0.5) is 4.79 Å². The molecule has 0 aliphatic rings. The second-order valence-corrected chi connectivity index (χ2v) is 11.5. The molecule has 0 aliphatic carbocycles. The Balaban J connectivity index is 2.85. The quantitative estimate of drug-likeness (QED) is 0.132. The predicted octanol–water partition coefficient (Wildman–Crippen LogP) is 6.05. The van der Waals surface area contributed by atoms with Gasteiger partial charge < -0.3 is 29.4 Å². The van der Waals surface area contributed by atoms with Crippen LogP contribution in [0.5, 0.6) is 11.5 Å². The van der Waals surface area contributed by atoms with Gasteiger partial charge in [-0.25, -0.2) is 4.79 Å². The van der Waals surface area contributed by atoms with Crippen LogP contribution in [0.25, 0.3) is 0 Å². The first-order valence-electron chi connectivity index (χ1n) is 14.6. The lowest BCUT2D eigenvalue weighted by atomic mass is 9.99. The first kappa shape index (κ1) is 35.9. The van der Waals surface area contributed by atoms with E-state index in [2.05, 4.69) is 0 Å². The summed E-state index contributed by atoms with van der Waals surface area (Å²) in [5.74, 6) is -1.32. The molecule has 10 heteroatoms. The molecule has 0 amide bonds. The minimum atomic E-state index is -1.05. The fraction of sp³-hybridized carbons (Fsp3) is 0.677. The van der Waals surface area contributed by atoms with Crippen LogP contribution in [0.15, 0.2) is 18.2 Å². The van der Waals surface area contributed by atoms with Crippen molar-refractivity contribution in [3.05, 3.63) is 23.8 Å². The fourth-order valence-electron chi connectivity index (χ4n) is 3.49. The molecule has 1 aromatic carbocycles. The van der Waals surface area contributed by atoms with E-state index < -0.39 is 42.3 Å². The van der Waals surface area contributed by atoms with Crippen molar-refractivity contribution < 1.29 is 42.9 Å². The highest BCUT2D eigenvalue weighted by molar-refractivity contribution is 5.77. The molecule has 0 saturated heterocycles. The first-order valence-corrected chi connectivity index (χ1v) is 14.6. The Bertz CT molecular complexity index is 986. The number of hydrogen-bond acceptors (Lipinski definition) is 10. The smallest absolute Gasteiger partial charge is 0.458 e. The van der Waals surface area contributed by atoms with Crippen molar-refractivity contribution in [3.8, 4) is 11.5 Å². The summed E-state index contributed by atoms with van der Waals surface area (Å²) in [6.45, 7) is 13.2. The molecule has 1 aromatic rings. The third-order valence-electron chi connectivity index (χ3n) is 6.05. The molecule has 10 nitrogen and oxygen atoms in total. The van der Waals surface area contributed by atoms with Crippen LogP contribution in [-0.2, 0) is 35.0 Å². The molecule has 0 radical (unpaired) electrons. The van der Waals surface area contributed by atoms with E-state index in [1.54, 1.807) is 26.0 Å². The Morgan fingerprint density at radius 2 is 1.34 bits per heavy atom. The number of rotatable bonds is 17. The van der Waals surface area contributed by atoms with E-state index in [1.807, 2.05) is 34.6 Å². The maximum absolute atomic E-state index is 12.7. The highest BCUT2D eigenvalue weighted by atomic mass is 16.7. The number of nitrogens with two attached hydrogens (primary N) is 1. The number of benzene rings is 1. The summed E-state index contributed by atoms with van der Waals surface area (Å²) < 4.78 is 26.7. The van der Waals surface area contributed by atoms with E-state index in [-0.39, 0.29) is 42.8 Å². The van der Waals surface area contributed by atoms with Crippen molar-refractivity contribution in [1.82, 2.24) is 0 Å². The summed E-state index contributed by atoms with van der Waals surface area (Å²) in [5, 5.41) is 0. The van der Waals surface area contributed by atoms with Crippen LogP contribution < -0.4 is 15.2 Å². The summed E-state index contributed by atoms with van der Waals surface area (Å²) in [7, 11) is 0. The molecule has 2 N–H and O–H groups in total. The second kappa shape index (κ2) is 18.3.